The number of nitrogens with one attached hydrogen (secondary N) is 1. The lowest BCUT2D eigenvalue weighted by Crippen LogP contribution is -2.52. The van der Waals surface area contributed by atoms with Crippen molar-refractivity contribution in [2.24, 2.45) is 4.99 Å². The van der Waals surface area contributed by atoms with E-state index in [1.807, 2.05) is 25.2 Å². The molecule has 27 heavy (non-hydrogen) atoms. The molecule has 2 heterocycles. The van der Waals surface area contributed by atoms with Crippen LogP contribution in [-0.4, -0.2) is 88.4 Å². The minimum Gasteiger partial charge on any atom is -0.379 e. The molecule has 0 aliphatic carbocycles. The van der Waals surface area contributed by atoms with Gasteiger partial charge in [0, 0.05) is 52.9 Å². The van der Waals surface area contributed by atoms with Gasteiger partial charge in [-0.2, -0.15) is 0 Å². The van der Waals surface area contributed by atoms with E-state index in [4.69, 9.17) is 16.3 Å². The molecule has 0 radical (unpaired) electrons. The second-order valence-electron chi connectivity index (χ2n) is 7.06. The van der Waals surface area contributed by atoms with Gasteiger partial charge in [0.15, 0.2) is 5.96 Å². The molecule has 0 atom stereocenters. The molecule has 1 N–H and O–H groups in total. The molecule has 6 nitrogen and oxygen atoms in total. The van der Waals surface area contributed by atoms with Crippen LogP contribution in [0.25, 0.3) is 0 Å². The van der Waals surface area contributed by atoms with Crippen molar-refractivity contribution < 1.29 is 4.74 Å². The van der Waals surface area contributed by atoms with Crippen molar-refractivity contribution in [3.05, 3.63) is 29.3 Å². The molecule has 1 aromatic carbocycles. The molecule has 1 aromatic rings. The SMILES string of the molecule is CN=C(NCCCCN1CCOCC1)N1CCN(c2ccccc2Cl)CC1. The number of aliphatic imine (C=N–C) groups is 1. The lowest BCUT2D eigenvalue weighted by molar-refractivity contribution is 0.0372. The smallest absolute Gasteiger partial charge is 0.193 e. The quantitative estimate of drug-likeness (QED) is 0.455. The summed E-state index contributed by atoms with van der Waals surface area (Å²) < 4.78 is 5.40. The summed E-state index contributed by atoms with van der Waals surface area (Å²) in [6.07, 6.45) is 2.38. The average molecular weight is 394 g/mol. The van der Waals surface area contributed by atoms with Crippen LogP contribution in [0.2, 0.25) is 5.02 Å². The van der Waals surface area contributed by atoms with E-state index in [2.05, 4.69) is 31.1 Å². The fourth-order valence-corrected chi connectivity index (χ4v) is 3.94. The Morgan fingerprint density at radius 3 is 2.52 bits per heavy atom. The van der Waals surface area contributed by atoms with Gasteiger partial charge in [-0.05, 0) is 31.5 Å². The minimum absolute atomic E-state index is 0.828. The van der Waals surface area contributed by atoms with Gasteiger partial charge >= 0.3 is 0 Å². The molecule has 2 aliphatic rings. The minimum atomic E-state index is 0.828. The first-order valence-electron chi connectivity index (χ1n) is 10.0. The third-order valence-corrected chi connectivity index (χ3v) is 5.59. The van der Waals surface area contributed by atoms with Crippen LogP contribution in [-0.2, 0) is 4.74 Å². The van der Waals surface area contributed by atoms with E-state index in [1.54, 1.807) is 0 Å². The van der Waals surface area contributed by atoms with E-state index in [-0.39, 0.29) is 0 Å². The summed E-state index contributed by atoms with van der Waals surface area (Å²) in [6.45, 7) is 9.88. The number of benzene rings is 1. The highest BCUT2D eigenvalue weighted by Crippen LogP contribution is 2.25. The number of hydrogen-bond acceptors (Lipinski definition) is 4. The maximum Gasteiger partial charge on any atom is 0.193 e. The molecule has 2 saturated heterocycles. The number of ether oxygens (including phenoxy) is 1. The molecule has 0 unspecified atom stereocenters. The van der Waals surface area contributed by atoms with Crippen molar-refractivity contribution in [3.8, 4) is 0 Å². The lowest BCUT2D eigenvalue weighted by atomic mass is 10.2. The van der Waals surface area contributed by atoms with Gasteiger partial charge < -0.3 is 19.9 Å². The standard InChI is InChI=1S/C20H32ClN5O/c1-22-20(23-8-4-5-9-24-14-16-27-17-15-24)26-12-10-25(11-13-26)19-7-3-2-6-18(19)21/h2-3,6-7H,4-5,8-17H2,1H3,(H,22,23). The van der Waals surface area contributed by atoms with Gasteiger partial charge in [0.05, 0.1) is 23.9 Å². The Bertz CT molecular complexity index is 598. The van der Waals surface area contributed by atoms with Crippen molar-refractivity contribution in [3.63, 3.8) is 0 Å². The van der Waals surface area contributed by atoms with E-state index in [9.17, 15) is 0 Å². The number of halogens is 1. The third kappa shape index (κ3) is 5.99. The number of guanidine groups is 1. The molecule has 150 valence electrons. The maximum atomic E-state index is 6.34. The second-order valence-corrected chi connectivity index (χ2v) is 7.47. The summed E-state index contributed by atoms with van der Waals surface area (Å²) in [5.41, 5.74) is 1.13. The zero-order valence-electron chi connectivity index (χ0n) is 16.4. The molecule has 3 rings (SSSR count). The first-order valence-corrected chi connectivity index (χ1v) is 10.4. The maximum absolute atomic E-state index is 6.34. The van der Waals surface area contributed by atoms with Crippen molar-refractivity contribution in [1.29, 1.82) is 0 Å². The number of anilines is 1. The zero-order valence-corrected chi connectivity index (χ0v) is 17.1. The molecule has 0 amide bonds. The number of rotatable bonds is 6. The number of piperazine rings is 1. The van der Waals surface area contributed by atoms with Gasteiger partial charge in [0.1, 0.15) is 0 Å². The Hall–Kier alpha value is -1.50. The third-order valence-electron chi connectivity index (χ3n) is 5.27. The monoisotopic (exact) mass is 393 g/mol. The summed E-state index contributed by atoms with van der Waals surface area (Å²) in [7, 11) is 1.87. The lowest BCUT2D eigenvalue weighted by Gasteiger charge is -2.38. The fourth-order valence-electron chi connectivity index (χ4n) is 3.68. The molecular formula is C20H32ClN5O. The number of morpholine rings is 1. The summed E-state index contributed by atoms with van der Waals surface area (Å²) in [5.74, 6) is 1.01. The van der Waals surface area contributed by atoms with Gasteiger partial charge in [-0.25, -0.2) is 0 Å². The number of unbranched alkanes of at least 4 members (excludes halogenated alkanes) is 1. The average Bonchev–Trinajstić information content (AvgIpc) is 2.72. The number of nitrogens with zero attached hydrogens (tertiary/aromatic N) is 4. The van der Waals surface area contributed by atoms with Crippen molar-refractivity contribution in [2.45, 2.75) is 12.8 Å². The first-order chi connectivity index (χ1) is 13.3. The van der Waals surface area contributed by atoms with Gasteiger partial charge in [0.25, 0.3) is 0 Å². The van der Waals surface area contributed by atoms with Crippen LogP contribution in [0.1, 0.15) is 12.8 Å². The van der Waals surface area contributed by atoms with Crippen molar-refractivity contribution in [2.75, 3.05) is 77.5 Å². The summed E-state index contributed by atoms with van der Waals surface area (Å²) in [5, 5.41) is 4.36. The van der Waals surface area contributed by atoms with Crippen molar-refractivity contribution >= 4 is 23.2 Å². The van der Waals surface area contributed by atoms with Crippen LogP contribution in [0.15, 0.2) is 29.3 Å². The zero-order chi connectivity index (χ0) is 18.9. The topological polar surface area (TPSA) is 43.3 Å². The van der Waals surface area contributed by atoms with E-state index in [1.165, 1.54) is 13.0 Å². The Labute approximate surface area is 168 Å². The van der Waals surface area contributed by atoms with Crippen LogP contribution in [0.5, 0.6) is 0 Å². The van der Waals surface area contributed by atoms with Gasteiger partial charge in [-0.3, -0.25) is 9.89 Å². The number of hydrogen-bond donors (Lipinski definition) is 1. The van der Waals surface area contributed by atoms with E-state index < -0.39 is 0 Å². The summed E-state index contributed by atoms with van der Waals surface area (Å²) in [4.78, 5) is 11.7. The van der Waals surface area contributed by atoms with Crippen LogP contribution >= 0.6 is 11.6 Å². The molecular weight excluding hydrogens is 362 g/mol. The first kappa shape index (κ1) is 20.2. The molecule has 2 fully saturated rings. The van der Waals surface area contributed by atoms with Crippen LogP contribution < -0.4 is 10.2 Å². The van der Waals surface area contributed by atoms with Gasteiger partial charge in [-0.15, -0.1) is 0 Å². The molecule has 7 heteroatoms. The van der Waals surface area contributed by atoms with Crippen LogP contribution in [0.3, 0.4) is 0 Å². The van der Waals surface area contributed by atoms with Crippen LogP contribution in [0.4, 0.5) is 5.69 Å². The van der Waals surface area contributed by atoms with Crippen molar-refractivity contribution in [1.82, 2.24) is 15.1 Å². The summed E-state index contributed by atoms with van der Waals surface area (Å²) in [6, 6.07) is 8.08. The molecule has 0 bridgehead atoms. The van der Waals surface area contributed by atoms with Gasteiger partial charge in [-0.1, -0.05) is 23.7 Å². The molecule has 2 aliphatic heterocycles. The predicted molar refractivity (Wildman–Crippen MR) is 113 cm³/mol. The van der Waals surface area contributed by atoms with Crippen LogP contribution in [0, 0.1) is 0 Å². The Morgan fingerprint density at radius 2 is 1.81 bits per heavy atom. The second kappa shape index (κ2) is 10.7. The molecule has 0 aromatic heterocycles. The normalized spacial score (nSPS) is 19.4. The highest BCUT2D eigenvalue weighted by molar-refractivity contribution is 6.33. The van der Waals surface area contributed by atoms with E-state index >= 15 is 0 Å². The Balaban J connectivity index is 1.35. The summed E-state index contributed by atoms with van der Waals surface area (Å²) >= 11 is 6.34. The van der Waals surface area contributed by atoms with Gasteiger partial charge in [0.2, 0.25) is 0 Å². The highest BCUT2D eigenvalue weighted by atomic mass is 35.5. The largest absolute Gasteiger partial charge is 0.379 e. The predicted octanol–water partition coefficient (Wildman–Crippen LogP) is 2.15. The number of para-hydroxylation sites is 1. The fraction of sp³-hybridized carbons (Fsp3) is 0.650. The molecule has 0 spiro atoms. The Kier molecular flexibility index (Phi) is 8.05. The highest BCUT2D eigenvalue weighted by Gasteiger charge is 2.20. The van der Waals surface area contributed by atoms with E-state index in [0.717, 1.165) is 82.1 Å². The van der Waals surface area contributed by atoms with E-state index in [0.29, 0.717) is 0 Å². The molecule has 0 saturated carbocycles. The Morgan fingerprint density at radius 1 is 1.07 bits per heavy atom.